The maximum absolute atomic E-state index is 12.1. The summed E-state index contributed by atoms with van der Waals surface area (Å²) < 4.78 is 1.81. The van der Waals surface area contributed by atoms with Gasteiger partial charge in [0.2, 0.25) is 5.91 Å². The van der Waals surface area contributed by atoms with Crippen LogP contribution in [0.15, 0.2) is 18.2 Å². The minimum absolute atomic E-state index is 0.235. The van der Waals surface area contributed by atoms with Crippen LogP contribution in [0.5, 0.6) is 0 Å². The van der Waals surface area contributed by atoms with Gasteiger partial charge in [-0.1, -0.05) is 26.8 Å². The molecule has 6 nitrogen and oxygen atoms in total. The van der Waals surface area contributed by atoms with Crippen molar-refractivity contribution in [3.63, 3.8) is 0 Å². The molecule has 3 rings (SSSR count). The Balaban J connectivity index is 2.03. The Morgan fingerprint density at radius 2 is 2.04 bits per heavy atom. The summed E-state index contributed by atoms with van der Waals surface area (Å²) in [6.45, 7) is 7.05. The Morgan fingerprint density at radius 3 is 2.67 bits per heavy atom. The molecule has 2 aromatic rings. The number of carbonyl (C=O) groups excluding carboxylic acids is 2. The first-order valence-electron chi connectivity index (χ1n) is 8.50. The molecule has 1 N–H and O–H groups in total. The van der Waals surface area contributed by atoms with Crippen LogP contribution in [0.1, 0.15) is 45.1 Å². The van der Waals surface area contributed by atoms with Crippen molar-refractivity contribution in [2.24, 2.45) is 13.0 Å². The lowest BCUT2D eigenvalue weighted by Gasteiger charge is -2.24. The molecule has 1 unspecified atom stereocenters. The third-order valence-corrected chi connectivity index (χ3v) is 4.84. The predicted molar refractivity (Wildman–Crippen MR) is 94.1 cm³/mol. The SMILES string of the molecule is CCC(c1ccc2c(N3CCC(=O)NC3=O)nn(C)c2c1)C(C)C. The normalized spacial score (nSPS) is 16.8. The summed E-state index contributed by atoms with van der Waals surface area (Å²) in [4.78, 5) is 25.0. The highest BCUT2D eigenvalue weighted by molar-refractivity contribution is 6.08. The van der Waals surface area contributed by atoms with Gasteiger partial charge in [0.05, 0.1) is 5.52 Å². The molecule has 1 saturated heterocycles. The van der Waals surface area contributed by atoms with E-state index in [1.165, 1.54) is 5.56 Å². The van der Waals surface area contributed by atoms with Crippen LogP contribution >= 0.6 is 0 Å². The molecule has 0 aliphatic carbocycles. The summed E-state index contributed by atoms with van der Waals surface area (Å²) in [5.41, 5.74) is 2.30. The van der Waals surface area contributed by atoms with E-state index in [1.807, 2.05) is 17.8 Å². The van der Waals surface area contributed by atoms with Crippen molar-refractivity contribution >= 4 is 28.7 Å². The second-order valence-electron chi connectivity index (χ2n) is 6.74. The van der Waals surface area contributed by atoms with E-state index in [2.05, 4.69) is 43.3 Å². The van der Waals surface area contributed by atoms with Gasteiger partial charge in [-0.3, -0.25) is 19.7 Å². The van der Waals surface area contributed by atoms with E-state index in [0.717, 1.165) is 17.3 Å². The van der Waals surface area contributed by atoms with Gasteiger partial charge < -0.3 is 0 Å². The van der Waals surface area contributed by atoms with Gasteiger partial charge in [0.15, 0.2) is 5.82 Å². The third kappa shape index (κ3) is 2.77. The molecular weight excluding hydrogens is 304 g/mol. The molecule has 0 spiro atoms. The van der Waals surface area contributed by atoms with Crippen LogP contribution in [0.4, 0.5) is 10.6 Å². The summed E-state index contributed by atoms with van der Waals surface area (Å²) >= 11 is 0. The fourth-order valence-corrected chi connectivity index (χ4v) is 3.54. The number of carbonyl (C=O) groups is 2. The largest absolute Gasteiger partial charge is 0.329 e. The molecule has 24 heavy (non-hydrogen) atoms. The number of urea groups is 1. The molecule has 1 aromatic carbocycles. The van der Waals surface area contributed by atoms with Crippen molar-refractivity contribution < 1.29 is 9.59 Å². The van der Waals surface area contributed by atoms with E-state index in [-0.39, 0.29) is 5.91 Å². The molecule has 1 aliphatic rings. The summed E-state index contributed by atoms with van der Waals surface area (Å²) in [6, 6.07) is 5.95. The number of hydrogen-bond acceptors (Lipinski definition) is 3. The van der Waals surface area contributed by atoms with Gasteiger partial charge in [-0.2, -0.15) is 5.10 Å². The smallest absolute Gasteiger partial charge is 0.278 e. The summed E-state index contributed by atoms with van der Waals surface area (Å²) in [5, 5.41) is 7.82. The lowest BCUT2D eigenvalue weighted by atomic mass is 9.86. The Kier molecular flexibility index (Phi) is 4.30. The van der Waals surface area contributed by atoms with Crippen molar-refractivity contribution in [2.75, 3.05) is 11.4 Å². The summed E-state index contributed by atoms with van der Waals surface area (Å²) in [7, 11) is 1.89. The molecule has 1 aromatic heterocycles. The average Bonchev–Trinajstić information content (AvgIpc) is 2.84. The first kappa shape index (κ1) is 16.5. The molecule has 0 radical (unpaired) electrons. The van der Waals surface area contributed by atoms with Gasteiger partial charge >= 0.3 is 6.03 Å². The van der Waals surface area contributed by atoms with E-state index in [4.69, 9.17) is 0 Å². The molecule has 3 amide bonds. The predicted octanol–water partition coefficient (Wildman–Crippen LogP) is 3.17. The van der Waals surface area contributed by atoms with Gasteiger partial charge in [0.1, 0.15) is 0 Å². The number of aryl methyl sites for hydroxylation is 1. The Hall–Kier alpha value is -2.37. The highest BCUT2D eigenvalue weighted by Crippen LogP contribution is 2.33. The first-order valence-corrected chi connectivity index (χ1v) is 8.50. The number of benzene rings is 1. The van der Waals surface area contributed by atoms with Crippen molar-refractivity contribution in [1.29, 1.82) is 0 Å². The molecule has 1 aliphatic heterocycles. The third-order valence-electron chi connectivity index (χ3n) is 4.84. The number of amides is 3. The lowest BCUT2D eigenvalue weighted by molar-refractivity contribution is -0.120. The van der Waals surface area contributed by atoms with Crippen molar-refractivity contribution in [3.05, 3.63) is 23.8 Å². The highest BCUT2D eigenvalue weighted by atomic mass is 16.2. The highest BCUT2D eigenvalue weighted by Gasteiger charge is 2.28. The molecule has 0 saturated carbocycles. The number of aromatic nitrogens is 2. The van der Waals surface area contributed by atoms with Crippen molar-refractivity contribution in [2.45, 2.75) is 39.5 Å². The Bertz CT molecular complexity index is 794. The fourth-order valence-electron chi connectivity index (χ4n) is 3.54. The monoisotopic (exact) mass is 328 g/mol. The van der Waals surface area contributed by atoms with Crippen molar-refractivity contribution in [1.82, 2.24) is 15.1 Å². The summed E-state index contributed by atoms with van der Waals surface area (Å²) in [5.74, 6) is 1.45. The molecule has 0 bridgehead atoms. The van der Waals surface area contributed by atoms with E-state index in [1.54, 1.807) is 4.90 Å². The maximum atomic E-state index is 12.1. The van der Waals surface area contributed by atoms with Crippen LogP contribution in [-0.2, 0) is 11.8 Å². The van der Waals surface area contributed by atoms with Crippen LogP contribution in [0.2, 0.25) is 0 Å². The number of fused-ring (bicyclic) bond motifs is 1. The quantitative estimate of drug-likeness (QED) is 0.937. The van der Waals surface area contributed by atoms with Gasteiger partial charge in [0.25, 0.3) is 0 Å². The van der Waals surface area contributed by atoms with E-state index in [0.29, 0.717) is 30.6 Å². The molecule has 128 valence electrons. The summed E-state index contributed by atoms with van der Waals surface area (Å²) in [6.07, 6.45) is 1.39. The van der Waals surface area contributed by atoms with Crippen molar-refractivity contribution in [3.8, 4) is 0 Å². The van der Waals surface area contributed by atoms with Gasteiger partial charge in [0, 0.05) is 25.4 Å². The number of imide groups is 1. The zero-order chi connectivity index (χ0) is 17.4. The van der Waals surface area contributed by atoms with Gasteiger partial charge in [-0.25, -0.2) is 4.79 Å². The molecular formula is C18H24N4O2. The van der Waals surface area contributed by atoms with Crippen LogP contribution in [0, 0.1) is 5.92 Å². The van der Waals surface area contributed by atoms with Crippen LogP contribution in [0.25, 0.3) is 10.9 Å². The van der Waals surface area contributed by atoms with Gasteiger partial charge in [-0.05, 0) is 36.0 Å². The zero-order valence-corrected chi connectivity index (χ0v) is 14.7. The number of anilines is 1. The van der Waals surface area contributed by atoms with E-state index >= 15 is 0 Å². The lowest BCUT2D eigenvalue weighted by Crippen LogP contribution is -2.49. The zero-order valence-electron chi connectivity index (χ0n) is 14.7. The van der Waals surface area contributed by atoms with E-state index in [9.17, 15) is 9.59 Å². The first-order chi connectivity index (χ1) is 11.4. The minimum Gasteiger partial charge on any atom is -0.278 e. The number of nitrogens with zero attached hydrogens (tertiary/aromatic N) is 3. The van der Waals surface area contributed by atoms with E-state index < -0.39 is 6.03 Å². The van der Waals surface area contributed by atoms with Crippen LogP contribution in [0.3, 0.4) is 0 Å². The molecule has 6 heteroatoms. The number of hydrogen-bond donors (Lipinski definition) is 1. The van der Waals surface area contributed by atoms with Crippen LogP contribution < -0.4 is 10.2 Å². The van der Waals surface area contributed by atoms with Crippen LogP contribution in [-0.4, -0.2) is 28.3 Å². The topological polar surface area (TPSA) is 67.2 Å². The Morgan fingerprint density at radius 1 is 1.29 bits per heavy atom. The standard InChI is InChI=1S/C18H24N4O2/c1-5-13(11(2)3)12-6-7-14-15(10-12)21(4)20-17(14)22-9-8-16(23)19-18(22)24/h6-7,10-11,13H,5,8-9H2,1-4H3,(H,19,23,24). The number of nitrogens with one attached hydrogen (secondary N) is 1. The molecule has 1 atom stereocenters. The van der Waals surface area contributed by atoms with Gasteiger partial charge in [-0.15, -0.1) is 0 Å². The molecule has 1 fully saturated rings. The molecule has 2 heterocycles. The average molecular weight is 328 g/mol. The minimum atomic E-state index is -0.399. The second-order valence-corrected chi connectivity index (χ2v) is 6.74. The second kappa shape index (κ2) is 6.26. The Labute approximate surface area is 141 Å². The fraction of sp³-hybridized carbons (Fsp3) is 0.500. The maximum Gasteiger partial charge on any atom is 0.329 e. The number of rotatable bonds is 4.